The Morgan fingerprint density at radius 1 is 0.897 bits per heavy atom. The summed E-state index contributed by atoms with van der Waals surface area (Å²) in [5.74, 6) is -0.0370. The Kier molecular flexibility index (Phi) is 9.28. The van der Waals surface area contributed by atoms with Gasteiger partial charge in [-0.25, -0.2) is 9.18 Å². The van der Waals surface area contributed by atoms with E-state index in [0.717, 1.165) is 63.4 Å². The molecule has 0 N–H and O–H groups in total. The van der Waals surface area contributed by atoms with Gasteiger partial charge in [-0.05, 0) is 89.0 Å². The summed E-state index contributed by atoms with van der Waals surface area (Å²) in [5, 5.41) is 0. The molecule has 2 aromatic rings. The first kappa shape index (κ1) is 29.0. The van der Waals surface area contributed by atoms with E-state index in [1.807, 2.05) is 57.0 Å². The van der Waals surface area contributed by atoms with Crippen LogP contribution in [0.3, 0.4) is 0 Å². The summed E-state index contributed by atoms with van der Waals surface area (Å²) >= 11 is 0. The van der Waals surface area contributed by atoms with E-state index in [2.05, 4.69) is 28.9 Å². The number of benzene rings is 2. The first-order valence-electron chi connectivity index (χ1n) is 14.0. The van der Waals surface area contributed by atoms with E-state index in [4.69, 9.17) is 4.74 Å². The number of carbonyl (C=O) groups excluding carboxylic acids is 2. The standard InChI is InChI=1S/C31H43FN4O3/c1-23-20-35(18-19-36(23)30(38)39-31(2,3)4)22-25-8-12-28(13-9-25)33(5)29(37)26-14-16-34(17-15-26)21-24-6-10-27(32)11-7-24/h6-13,23,26H,14-22H2,1-5H3/t23-/m0/s1. The molecule has 2 aromatic carbocycles. The van der Waals surface area contributed by atoms with Crippen molar-refractivity contribution in [3.8, 4) is 0 Å². The number of anilines is 1. The number of likely N-dealkylation sites (tertiary alicyclic amines) is 1. The second kappa shape index (κ2) is 12.5. The fourth-order valence-corrected chi connectivity index (χ4v) is 5.44. The molecule has 0 saturated carbocycles. The average Bonchev–Trinajstić information content (AvgIpc) is 2.89. The molecule has 4 rings (SSSR count). The molecular formula is C31H43FN4O3. The highest BCUT2D eigenvalue weighted by Crippen LogP contribution is 2.25. The molecule has 0 spiro atoms. The Hall–Kier alpha value is -2.97. The highest BCUT2D eigenvalue weighted by molar-refractivity contribution is 5.94. The van der Waals surface area contributed by atoms with Gasteiger partial charge in [0.25, 0.3) is 0 Å². The molecule has 39 heavy (non-hydrogen) atoms. The summed E-state index contributed by atoms with van der Waals surface area (Å²) in [6.07, 6.45) is 1.41. The van der Waals surface area contributed by atoms with Gasteiger partial charge in [0.2, 0.25) is 5.91 Å². The number of carbonyl (C=O) groups is 2. The summed E-state index contributed by atoms with van der Waals surface area (Å²) < 4.78 is 18.7. The third-order valence-electron chi connectivity index (χ3n) is 7.66. The van der Waals surface area contributed by atoms with Crippen LogP contribution >= 0.6 is 0 Å². The molecule has 0 bridgehead atoms. The van der Waals surface area contributed by atoms with Crippen LogP contribution in [0.5, 0.6) is 0 Å². The van der Waals surface area contributed by atoms with Gasteiger partial charge in [0.05, 0.1) is 0 Å². The zero-order valence-electron chi connectivity index (χ0n) is 24.0. The van der Waals surface area contributed by atoms with Gasteiger partial charge in [0.15, 0.2) is 0 Å². The van der Waals surface area contributed by atoms with Crippen molar-refractivity contribution < 1.29 is 18.7 Å². The number of piperidine rings is 1. The van der Waals surface area contributed by atoms with E-state index < -0.39 is 5.60 Å². The van der Waals surface area contributed by atoms with Crippen molar-refractivity contribution in [2.45, 2.75) is 65.3 Å². The zero-order chi connectivity index (χ0) is 28.2. The minimum absolute atomic E-state index is 0.0156. The van der Waals surface area contributed by atoms with Gasteiger partial charge < -0.3 is 14.5 Å². The Bertz CT molecular complexity index is 1110. The predicted molar refractivity (Wildman–Crippen MR) is 152 cm³/mol. The van der Waals surface area contributed by atoms with Crippen LogP contribution in [0.2, 0.25) is 0 Å². The number of piperazine rings is 1. The lowest BCUT2D eigenvalue weighted by Crippen LogP contribution is -2.54. The van der Waals surface area contributed by atoms with Crippen LogP contribution in [-0.4, -0.2) is 78.1 Å². The van der Waals surface area contributed by atoms with Gasteiger partial charge in [0.1, 0.15) is 11.4 Å². The molecule has 2 aliphatic heterocycles. The van der Waals surface area contributed by atoms with E-state index in [-0.39, 0.29) is 29.8 Å². The second-order valence-electron chi connectivity index (χ2n) is 12.0. The normalized spacial score (nSPS) is 19.6. The molecule has 7 nitrogen and oxygen atoms in total. The SMILES string of the molecule is C[C@H]1CN(Cc2ccc(N(C)C(=O)C3CCN(Cc4ccc(F)cc4)CC3)cc2)CCN1C(=O)OC(C)(C)C. The van der Waals surface area contributed by atoms with Crippen molar-refractivity contribution >= 4 is 17.7 Å². The van der Waals surface area contributed by atoms with Gasteiger partial charge in [-0.1, -0.05) is 24.3 Å². The topological polar surface area (TPSA) is 56.3 Å². The van der Waals surface area contributed by atoms with E-state index in [0.29, 0.717) is 6.54 Å². The number of rotatable bonds is 6. The number of ether oxygens (including phenoxy) is 1. The summed E-state index contributed by atoms with van der Waals surface area (Å²) in [6.45, 7) is 13.3. The number of hydrogen-bond acceptors (Lipinski definition) is 5. The minimum atomic E-state index is -0.493. The van der Waals surface area contributed by atoms with Crippen LogP contribution in [-0.2, 0) is 22.6 Å². The van der Waals surface area contributed by atoms with Crippen LogP contribution in [0.25, 0.3) is 0 Å². The monoisotopic (exact) mass is 538 g/mol. The first-order valence-corrected chi connectivity index (χ1v) is 14.0. The fourth-order valence-electron chi connectivity index (χ4n) is 5.44. The van der Waals surface area contributed by atoms with Crippen LogP contribution in [0.15, 0.2) is 48.5 Å². The number of amides is 2. The van der Waals surface area contributed by atoms with Crippen molar-refractivity contribution in [3.05, 3.63) is 65.5 Å². The molecule has 212 valence electrons. The number of nitrogens with zero attached hydrogens (tertiary/aromatic N) is 4. The van der Waals surface area contributed by atoms with Gasteiger partial charge in [-0.2, -0.15) is 0 Å². The molecule has 0 unspecified atom stereocenters. The molecule has 2 amide bonds. The summed E-state index contributed by atoms with van der Waals surface area (Å²) in [4.78, 5) is 34.0. The predicted octanol–water partition coefficient (Wildman–Crippen LogP) is 5.14. The van der Waals surface area contributed by atoms with E-state index in [1.165, 1.54) is 17.7 Å². The molecule has 0 aromatic heterocycles. The molecule has 8 heteroatoms. The van der Waals surface area contributed by atoms with Crippen LogP contribution in [0.1, 0.15) is 51.7 Å². The minimum Gasteiger partial charge on any atom is -0.444 e. The maximum Gasteiger partial charge on any atom is 0.410 e. The van der Waals surface area contributed by atoms with Gasteiger partial charge in [0, 0.05) is 57.4 Å². The van der Waals surface area contributed by atoms with E-state index in [1.54, 1.807) is 4.90 Å². The summed E-state index contributed by atoms with van der Waals surface area (Å²) in [7, 11) is 1.86. The third-order valence-corrected chi connectivity index (χ3v) is 7.66. The maximum atomic E-state index is 13.2. The largest absolute Gasteiger partial charge is 0.444 e. The van der Waals surface area contributed by atoms with Crippen molar-refractivity contribution in [3.63, 3.8) is 0 Å². The Labute approximate surface area is 232 Å². The lowest BCUT2D eigenvalue weighted by Gasteiger charge is -2.40. The second-order valence-corrected chi connectivity index (χ2v) is 12.0. The van der Waals surface area contributed by atoms with Crippen LogP contribution in [0.4, 0.5) is 14.9 Å². The number of hydrogen-bond donors (Lipinski definition) is 0. The Morgan fingerprint density at radius 3 is 2.03 bits per heavy atom. The van der Waals surface area contributed by atoms with Crippen molar-refractivity contribution in [2.24, 2.45) is 5.92 Å². The highest BCUT2D eigenvalue weighted by atomic mass is 19.1. The molecule has 2 saturated heterocycles. The summed E-state index contributed by atoms with van der Waals surface area (Å²) in [5.41, 5.74) is 2.69. The summed E-state index contributed by atoms with van der Waals surface area (Å²) in [6, 6.07) is 15.0. The fraction of sp³-hybridized carbons (Fsp3) is 0.548. The molecule has 2 fully saturated rings. The smallest absolute Gasteiger partial charge is 0.410 e. The van der Waals surface area contributed by atoms with Crippen molar-refractivity contribution in [1.82, 2.24) is 14.7 Å². The van der Waals surface area contributed by atoms with Crippen molar-refractivity contribution in [1.29, 1.82) is 0 Å². The molecule has 0 aliphatic carbocycles. The molecular weight excluding hydrogens is 495 g/mol. The third kappa shape index (κ3) is 8.02. The maximum absolute atomic E-state index is 13.2. The lowest BCUT2D eigenvalue weighted by atomic mass is 9.94. The zero-order valence-corrected chi connectivity index (χ0v) is 24.0. The van der Waals surface area contributed by atoms with Gasteiger partial charge in [-0.3, -0.25) is 14.6 Å². The quantitative estimate of drug-likeness (QED) is 0.510. The first-order chi connectivity index (χ1) is 18.5. The van der Waals surface area contributed by atoms with Gasteiger partial charge >= 0.3 is 6.09 Å². The Morgan fingerprint density at radius 2 is 1.46 bits per heavy atom. The number of halogens is 1. The highest BCUT2D eigenvalue weighted by Gasteiger charge is 2.31. The average molecular weight is 539 g/mol. The molecule has 1 atom stereocenters. The Balaban J connectivity index is 1.24. The van der Waals surface area contributed by atoms with E-state index >= 15 is 0 Å². The van der Waals surface area contributed by atoms with Crippen molar-refractivity contribution in [2.75, 3.05) is 44.7 Å². The van der Waals surface area contributed by atoms with E-state index in [9.17, 15) is 14.0 Å². The molecule has 2 heterocycles. The molecule has 0 radical (unpaired) electrons. The molecule has 2 aliphatic rings. The lowest BCUT2D eigenvalue weighted by molar-refractivity contribution is -0.123. The van der Waals surface area contributed by atoms with Crippen LogP contribution in [0, 0.1) is 11.7 Å². The van der Waals surface area contributed by atoms with Crippen LogP contribution < -0.4 is 4.90 Å². The van der Waals surface area contributed by atoms with Gasteiger partial charge in [-0.15, -0.1) is 0 Å².